The maximum atomic E-state index is 13.7. The van der Waals surface area contributed by atoms with Crippen molar-refractivity contribution in [3.8, 4) is 10.6 Å². The average molecular weight is 348 g/mol. The highest BCUT2D eigenvalue weighted by molar-refractivity contribution is 7.13. The average Bonchev–Trinajstić information content (AvgIpc) is 2.94. The van der Waals surface area contributed by atoms with Crippen LogP contribution in [0, 0.1) is 11.6 Å². The maximum Gasteiger partial charge on any atom is 0.273 e. The van der Waals surface area contributed by atoms with Gasteiger partial charge in [-0.3, -0.25) is 4.79 Å². The first kappa shape index (κ1) is 18.5. The molecular formula is C14H16ClF2N3OS. The molecule has 1 unspecified atom stereocenters. The van der Waals surface area contributed by atoms with Crippen LogP contribution in [-0.2, 0) is 0 Å². The number of rotatable bonds is 4. The molecule has 0 aliphatic rings. The van der Waals surface area contributed by atoms with Crippen LogP contribution in [0.3, 0.4) is 0 Å². The molecule has 22 heavy (non-hydrogen) atoms. The fourth-order valence-electron chi connectivity index (χ4n) is 1.73. The molecular weight excluding hydrogens is 332 g/mol. The first-order valence-electron chi connectivity index (χ1n) is 6.32. The summed E-state index contributed by atoms with van der Waals surface area (Å²) in [7, 11) is 1.61. The molecule has 0 saturated heterocycles. The number of halogens is 3. The number of aromatic nitrogens is 1. The lowest BCUT2D eigenvalue weighted by Crippen LogP contribution is -2.39. The van der Waals surface area contributed by atoms with Crippen LogP contribution in [0.1, 0.15) is 17.4 Å². The molecule has 0 bridgehead atoms. The molecule has 0 radical (unpaired) electrons. The van der Waals surface area contributed by atoms with E-state index in [0.29, 0.717) is 6.54 Å². The van der Waals surface area contributed by atoms with Gasteiger partial charge in [0, 0.05) is 25.0 Å². The van der Waals surface area contributed by atoms with E-state index in [1.165, 1.54) is 16.3 Å². The number of hydrogen-bond acceptors (Lipinski definition) is 4. The van der Waals surface area contributed by atoms with E-state index in [9.17, 15) is 13.6 Å². The number of hydrogen-bond donors (Lipinski definition) is 1. The Morgan fingerprint density at radius 2 is 2.00 bits per heavy atom. The second-order valence-corrected chi connectivity index (χ2v) is 5.49. The van der Waals surface area contributed by atoms with Crippen molar-refractivity contribution in [2.75, 3.05) is 13.6 Å². The summed E-state index contributed by atoms with van der Waals surface area (Å²) in [6.07, 6.45) is 0. The van der Waals surface area contributed by atoms with Gasteiger partial charge in [-0.25, -0.2) is 13.8 Å². The topological polar surface area (TPSA) is 59.2 Å². The van der Waals surface area contributed by atoms with Crippen LogP contribution >= 0.6 is 23.7 Å². The molecule has 8 heteroatoms. The Bertz CT molecular complexity index is 645. The second kappa shape index (κ2) is 7.62. The van der Waals surface area contributed by atoms with E-state index >= 15 is 0 Å². The highest BCUT2D eigenvalue weighted by atomic mass is 35.5. The molecule has 120 valence electrons. The minimum absolute atomic E-state index is 0. The monoisotopic (exact) mass is 347 g/mol. The molecule has 1 aromatic heterocycles. The molecule has 0 fully saturated rings. The first-order valence-corrected chi connectivity index (χ1v) is 7.20. The van der Waals surface area contributed by atoms with E-state index < -0.39 is 11.6 Å². The number of likely N-dealkylation sites (N-methyl/N-ethyl adjacent to an activating group) is 1. The third-order valence-electron chi connectivity index (χ3n) is 3.22. The van der Waals surface area contributed by atoms with Gasteiger partial charge in [-0.05, 0) is 19.1 Å². The normalized spacial score (nSPS) is 11.7. The fraction of sp³-hybridized carbons (Fsp3) is 0.286. The largest absolute Gasteiger partial charge is 0.336 e. The van der Waals surface area contributed by atoms with E-state index in [2.05, 4.69) is 4.98 Å². The molecule has 2 rings (SSSR count). The van der Waals surface area contributed by atoms with Crippen molar-refractivity contribution >= 4 is 29.7 Å². The van der Waals surface area contributed by atoms with Gasteiger partial charge in [-0.2, -0.15) is 0 Å². The van der Waals surface area contributed by atoms with Crippen LogP contribution < -0.4 is 5.73 Å². The Hall–Kier alpha value is -1.57. The van der Waals surface area contributed by atoms with Crippen molar-refractivity contribution in [1.82, 2.24) is 9.88 Å². The molecule has 2 aromatic rings. The molecule has 0 spiro atoms. The highest BCUT2D eigenvalue weighted by Crippen LogP contribution is 2.29. The zero-order valence-electron chi connectivity index (χ0n) is 12.0. The third-order valence-corrected chi connectivity index (χ3v) is 4.08. The Morgan fingerprint density at radius 3 is 2.55 bits per heavy atom. The van der Waals surface area contributed by atoms with Gasteiger partial charge in [0.05, 0.1) is 5.56 Å². The second-order valence-electron chi connectivity index (χ2n) is 4.64. The number of amides is 1. The zero-order valence-corrected chi connectivity index (χ0v) is 13.7. The predicted molar refractivity (Wildman–Crippen MR) is 85.3 cm³/mol. The Labute approximate surface area is 137 Å². The summed E-state index contributed by atoms with van der Waals surface area (Å²) < 4.78 is 27.4. The molecule has 0 saturated carbocycles. The zero-order chi connectivity index (χ0) is 15.6. The van der Waals surface area contributed by atoms with E-state index in [1.807, 2.05) is 6.92 Å². The van der Waals surface area contributed by atoms with Crippen LogP contribution in [-0.4, -0.2) is 35.4 Å². The van der Waals surface area contributed by atoms with Gasteiger partial charge in [0.25, 0.3) is 5.91 Å². The lowest BCUT2D eigenvalue weighted by molar-refractivity contribution is 0.0743. The van der Waals surface area contributed by atoms with E-state index in [1.54, 1.807) is 7.05 Å². The quantitative estimate of drug-likeness (QED) is 0.925. The minimum atomic E-state index is -0.702. The van der Waals surface area contributed by atoms with Crippen LogP contribution in [0.25, 0.3) is 10.6 Å². The molecule has 1 aromatic carbocycles. The smallest absolute Gasteiger partial charge is 0.273 e. The summed E-state index contributed by atoms with van der Waals surface area (Å²) in [5.74, 6) is -1.73. The lowest BCUT2D eigenvalue weighted by atomic mass is 10.2. The number of nitrogens with two attached hydrogens (primary N) is 1. The van der Waals surface area contributed by atoms with Crippen molar-refractivity contribution < 1.29 is 13.6 Å². The molecule has 2 N–H and O–H groups in total. The number of benzene rings is 1. The van der Waals surface area contributed by atoms with Crippen molar-refractivity contribution in [3.05, 3.63) is 40.9 Å². The number of carbonyl (C=O) groups is 1. The van der Waals surface area contributed by atoms with Crippen LogP contribution in [0.2, 0.25) is 0 Å². The molecule has 4 nitrogen and oxygen atoms in total. The first-order chi connectivity index (χ1) is 9.95. The standard InChI is InChI=1S/C14H15F2N3OS.ClH/c1-8(6-17)19(2)14(20)11-7-21-13(18-11)12-9(15)4-3-5-10(12)16;/h3-5,7-8H,6,17H2,1-2H3;1H. The lowest BCUT2D eigenvalue weighted by Gasteiger charge is -2.22. The summed E-state index contributed by atoms with van der Waals surface area (Å²) in [5.41, 5.74) is 5.46. The van der Waals surface area contributed by atoms with Gasteiger partial charge in [0.2, 0.25) is 0 Å². The summed E-state index contributed by atoms with van der Waals surface area (Å²) >= 11 is 1.03. The number of carbonyl (C=O) groups excluding carboxylic acids is 1. The summed E-state index contributed by atoms with van der Waals surface area (Å²) in [6.45, 7) is 2.13. The molecule has 1 atom stereocenters. The van der Waals surface area contributed by atoms with Crippen LogP contribution in [0.4, 0.5) is 8.78 Å². The molecule has 0 aliphatic heterocycles. The number of thiazole rings is 1. The fourth-order valence-corrected chi connectivity index (χ4v) is 2.57. The minimum Gasteiger partial charge on any atom is -0.336 e. The van der Waals surface area contributed by atoms with Crippen molar-refractivity contribution in [3.63, 3.8) is 0 Å². The van der Waals surface area contributed by atoms with Crippen molar-refractivity contribution in [2.45, 2.75) is 13.0 Å². The van der Waals surface area contributed by atoms with E-state index in [0.717, 1.165) is 23.5 Å². The van der Waals surface area contributed by atoms with E-state index in [4.69, 9.17) is 5.73 Å². The van der Waals surface area contributed by atoms with Gasteiger partial charge >= 0.3 is 0 Å². The SMILES string of the molecule is CC(CN)N(C)C(=O)c1csc(-c2c(F)cccc2F)n1.Cl. The van der Waals surface area contributed by atoms with Gasteiger partial charge in [0.1, 0.15) is 22.3 Å². The van der Waals surface area contributed by atoms with Crippen molar-refractivity contribution in [1.29, 1.82) is 0 Å². The maximum absolute atomic E-state index is 13.7. The Kier molecular flexibility index (Phi) is 6.40. The van der Waals surface area contributed by atoms with Gasteiger partial charge in [-0.15, -0.1) is 23.7 Å². The Balaban J connectivity index is 0.00000242. The molecule has 1 heterocycles. The highest BCUT2D eigenvalue weighted by Gasteiger charge is 2.21. The third kappa shape index (κ3) is 3.60. The summed E-state index contributed by atoms with van der Waals surface area (Å²) in [4.78, 5) is 17.7. The summed E-state index contributed by atoms with van der Waals surface area (Å²) in [5, 5.41) is 1.63. The number of nitrogens with zero attached hydrogens (tertiary/aromatic N) is 2. The Morgan fingerprint density at radius 1 is 1.41 bits per heavy atom. The molecule has 0 aliphatic carbocycles. The predicted octanol–water partition coefficient (Wildman–Crippen LogP) is 2.93. The van der Waals surface area contributed by atoms with Gasteiger partial charge < -0.3 is 10.6 Å². The van der Waals surface area contributed by atoms with Crippen LogP contribution in [0.15, 0.2) is 23.6 Å². The van der Waals surface area contributed by atoms with Gasteiger partial charge in [0.15, 0.2) is 0 Å². The van der Waals surface area contributed by atoms with E-state index in [-0.39, 0.29) is 40.6 Å². The van der Waals surface area contributed by atoms with Gasteiger partial charge in [-0.1, -0.05) is 6.07 Å². The van der Waals surface area contributed by atoms with Crippen LogP contribution in [0.5, 0.6) is 0 Å². The molecule has 1 amide bonds. The summed E-state index contributed by atoms with van der Waals surface area (Å²) in [6, 6.07) is 3.45. The van der Waals surface area contributed by atoms with Crippen molar-refractivity contribution in [2.24, 2.45) is 5.73 Å².